The molecule has 0 bridgehead atoms. The highest BCUT2D eigenvalue weighted by Crippen LogP contribution is 2.32. The van der Waals surface area contributed by atoms with Crippen molar-refractivity contribution in [3.63, 3.8) is 0 Å². The zero-order valence-electron chi connectivity index (χ0n) is 17.7. The molecule has 172 valence electrons. The molecule has 4 aromatic rings. The van der Waals surface area contributed by atoms with E-state index in [4.69, 9.17) is 14.2 Å². The van der Waals surface area contributed by atoms with Crippen LogP contribution in [-0.2, 0) is 10.0 Å². The second kappa shape index (κ2) is 9.73. The molecule has 12 heteroatoms. The van der Waals surface area contributed by atoms with Gasteiger partial charge in [0.15, 0.2) is 11.5 Å². The van der Waals surface area contributed by atoms with Crippen LogP contribution in [0.3, 0.4) is 0 Å². The molecule has 4 rings (SSSR count). The Balaban J connectivity index is 1.49. The lowest BCUT2D eigenvalue weighted by Crippen LogP contribution is -2.28. The van der Waals surface area contributed by atoms with Gasteiger partial charge in [0.25, 0.3) is 0 Å². The second-order valence-corrected chi connectivity index (χ2v) is 9.41. The summed E-state index contributed by atoms with van der Waals surface area (Å²) in [4.78, 5) is 0.173. The SMILES string of the molecule is COc1ccc(OC)c(-c2nnc3ccc(OCCNS(=O)(=O)c4ccc(Br)cc4)nn23)c1. The first-order valence-electron chi connectivity index (χ1n) is 9.74. The number of hydrogen-bond donors (Lipinski definition) is 1. The lowest BCUT2D eigenvalue weighted by atomic mass is 10.2. The number of ether oxygens (including phenoxy) is 3. The van der Waals surface area contributed by atoms with Crippen LogP contribution < -0.4 is 18.9 Å². The molecule has 33 heavy (non-hydrogen) atoms. The fourth-order valence-corrected chi connectivity index (χ4v) is 4.31. The number of nitrogens with one attached hydrogen (secondary N) is 1. The molecule has 0 atom stereocenters. The van der Waals surface area contributed by atoms with E-state index in [2.05, 4.69) is 35.9 Å². The molecule has 0 amide bonds. The van der Waals surface area contributed by atoms with Gasteiger partial charge in [-0.1, -0.05) is 15.9 Å². The molecule has 2 aromatic carbocycles. The summed E-state index contributed by atoms with van der Waals surface area (Å²) in [6.07, 6.45) is 0. The van der Waals surface area contributed by atoms with Gasteiger partial charge in [-0.25, -0.2) is 13.1 Å². The summed E-state index contributed by atoms with van der Waals surface area (Å²) in [5.41, 5.74) is 1.16. The zero-order valence-corrected chi connectivity index (χ0v) is 20.1. The molecule has 0 saturated carbocycles. The van der Waals surface area contributed by atoms with Gasteiger partial charge in [-0.05, 0) is 48.5 Å². The Morgan fingerprint density at radius 1 is 1.00 bits per heavy atom. The van der Waals surface area contributed by atoms with Crippen molar-refractivity contribution in [1.29, 1.82) is 0 Å². The average Bonchev–Trinajstić information content (AvgIpc) is 3.25. The van der Waals surface area contributed by atoms with E-state index in [0.717, 1.165) is 4.47 Å². The van der Waals surface area contributed by atoms with Crippen LogP contribution in [0.5, 0.6) is 17.4 Å². The minimum absolute atomic E-state index is 0.0663. The number of sulfonamides is 1. The Kier molecular flexibility index (Phi) is 6.77. The molecule has 0 aliphatic carbocycles. The van der Waals surface area contributed by atoms with E-state index < -0.39 is 10.0 Å². The van der Waals surface area contributed by atoms with Crippen molar-refractivity contribution in [2.24, 2.45) is 0 Å². The molecule has 0 aliphatic heterocycles. The minimum atomic E-state index is -3.64. The van der Waals surface area contributed by atoms with E-state index in [1.165, 1.54) is 16.6 Å². The molecule has 0 saturated heterocycles. The molecule has 0 spiro atoms. The van der Waals surface area contributed by atoms with Crippen LogP contribution in [0.25, 0.3) is 17.0 Å². The quantitative estimate of drug-likeness (QED) is 0.326. The van der Waals surface area contributed by atoms with Crippen LogP contribution in [0.4, 0.5) is 0 Å². The highest BCUT2D eigenvalue weighted by molar-refractivity contribution is 9.10. The third-order valence-electron chi connectivity index (χ3n) is 4.65. The van der Waals surface area contributed by atoms with Crippen LogP contribution in [0.2, 0.25) is 0 Å². The number of nitrogens with zero attached hydrogens (tertiary/aromatic N) is 4. The summed E-state index contributed by atoms with van der Waals surface area (Å²) in [6, 6.07) is 15.0. The van der Waals surface area contributed by atoms with Gasteiger partial charge in [-0.3, -0.25) is 0 Å². The number of hydrogen-bond acceptors (Lipinski definition) is 8. The summed E-state index contributed by atoms with van der Waals surface area (Å²) in [6.45, 7) is 0.144. The highest BCUT2D eigenvalue weighted by atomic mass is 79.9. The number of aromatic nitrogens is 4. The lowest BCUT2D eigenvalue weighted by molar-refractivity contribution is 0.306. The molecular formula is C21H20BrN5O5S. The van der Waals surface area contributed by atoms with Gasteiger partial charge in [-0.15, -0.1) is 15.3 Å². The van der Waals surface area contributed by atoms with Gasteiger partial charge in [0.2, 0.25) is 15.9 Å². The number of halogens is 1. The smallest absolute Gasteiger partial charge is 0.240 e. The van der Waals surface area contributed by atoms with Gasteiger partial charge in [0.1, 0.15) is 18.1 Å². The average molecular weight is 534 g/mol. The van der Waals surface area contributed by atoms with Crippen molar-refractivity contribution in [3.05, 3.63) is 59.1 Å². The van der Waals surface area contributed by atoms with Crippen LogP contribution in [0.15, 0.2) is 64.0 Å². The van der Waals surface area contributed by atoms with Crippen LogP contribution in [-0.4, -0.2) is 55.6 Å². The maximum Gasteiger partial charge on any atom is 0.240 e. The van der Waals surface area contributed by atoms with E-state index in [1.54, 1.807) is 56.7 Å². The first-order chi connectivity index (χ1) is 15.9. The third kappa shape index (κ3) is 5.07. The summed E-state index contributed by atoms with van der Waals surface area (Å²) in [7, 11) is -0.503. The predicted octanol–water partition coefficient (Wildman–Crippen LogP) is 2.93. The first kappa shape index (κ1) is 23.0. The van der Waals surface area contributed by atoms with Gasteiger partial charge < -0.3 is 14.2 Å². The van der Waals surface area contributed by atoms with Gasteiger partial charge in [0, 0.05) is 17.1 Å². The van der Waals surface area contributed by atoms with Gasteiger partial charge in [-0.2, -0.15) is 4.52 Å². The second-order valence-electron chi connectivity index (χ2n) is 6.73. The fraction of sp³-hybridized carbons (Fsp3) is 0.190. The number of rotatable bonds is 9. The number of benzene rings is 2. The van der Waals surface area contributed by atoms with E-state index >= 15 is 0 Å². The maximum atomic E-state index is 12.4. The summed E-state index contributed by atoms with van der Waals surface area (Å²) in [5, 5.41) is 12.8. The summed E-state index contributed by atoms with van der Waals surface area (Å²) in [5.74, 6) is 1.95. The Morgan fingerprint density at radius 2 is 1.79 bits per heavy atom. The largest absolute Gasteiger partial charge is 0.497 e. The van der Waals surface area contributed by atoms with Crippen molar-refractivity contribution in [1.82, 2.24) is 24.5 Å². The van der Waals surface area contributed by atoms with Gasteiger partial charge >= 0.3 is 0 Å². The monoisotopic (exact) mass is 533 g/mol. The minimum Gasteiger partial charge on any atom is -0.497 e. The van der Waals surface area contributed by atoms with E-state index in [0.29, 0.717) is 28.5 Å². The topological polar surface area (TPSA) is 117 Å². The Hall–Kier alpha value is -3.22. The molecular weight excluding hydrogens is 514 g/mol. The van der Waals surface area contributed by atoms with Crippen molar-refractivity contribution in [2.45, 2.75) is 4.90 Å². The predicted molar refractivity (Wildman–Crippen MR) is 124 cm³/mol. The molecule has 10 nitrogen and oxygen atoms in total. The standard InChI is InChI=1S/C21H20BrN5O5S/c1-30-15-5-8-18(31-2)17(13-15)21-25-24-19-9-10-20(26-27(19)21)32-12-11-23-33(28,29)16-6-3-14(22)4-7-16/h3-10,13,23H,11-12H2,1-2H3. The van der Waals surface area contributed by atoms with Crippen molar-refractivity contribution >= 4 is 31.6 Å². The van der Waals surface area contributed by atoms with E-state index in [1.807, 2.05) is 0 Å². The molecule has 0 unspecified atom stereocenters. The van der Waals surface area contributed by atoms with E-state index in [-0.39, 0.29) is 23.9 Å². The van der Waals surface area contributed by atoms with Crippen molar-refractivity contribution in [2.75, 3.05) is 27.4 Å². The molecule has 0 fully saturated rings. The van der Waals surface area contributed by atoms with Gasteiger partial charge in [0.05, 0.1) is 24.7 Å². The van der Waals surface area contributed by atoms with Crippen LogP contribution in [0, 0.1) is 0 Å². The molecule has 0 radical (unpaired) electrons. The van der Waals surface area contributed by atoms with Crippen molar-refractivity contribution in [3.8, 4) is 28.8 Å². The molecule has 0 aliphatic rings. The summed E-state index contributed by atoms with van der Waals surface area (Å²) < 4.78 is 46.0. The first-order valence-corrected chi connectivity index (χ1v) is 12.0. The Morgan fingerprint density at radius 3 is 2.52 bits per heavy atom. The normalized spacial score (nSPS) is 11.5. The lowest BCUT2D eigenvalue weighted by Gasteiger charge is -2.10. The molecule has 2 heterocycles. The Labute approximate surface area is 198 Å². The Bertz CT molecular complexity index is 1380. The van der Waals surface area contributed by atoms with Crippen LogP contribution in [0.1, 0.15) is 0 Å². The maximum absolute atomic E-state index is 12.4. The summed E-state index contributed by atoms with van der Waals surface area (Å²) >= 11 is 3.28. The van der Waals surface area contributed by atoms with Crippen LogP contribution >= 0.6 is 15.9 Å². The van der Waals surface area contributed by atoms with E-state index in [9.17, 15) is 8.42 Å². The molecule has 2 aromatic heterocycles. The third-order valence-corrected chi connectivity index (χ3v) is 6.66. The highest BCUT2D eigenvalue weighted by Gasteiger charge is 2.17. The number of methoxy groups -OCH3 is 2. The zero-order chi connectivity index (χ0) is 23.4. The fourth-order valence-electron chi connectivity index (χ4n) is 3.03. The van der Waals surface area contributed by atoms with Crippen molar-refractivity contribution < 1.29 is 22.6 Å². The molecule has 1 N–H and O–H groups in total. The number of fused-ring (bicyclic) bond motifs is 1.